The van der Waals surface area contributed by atoms with Crippen molar-refractivity contribution < 1.29 is 14.7 Å². The van der Waals surface area contributed by atoms with E-state index in [1.165, 1.54) is 0 Å². The average Bonchev–Trinajstić information content (AvgIpc) is 3.03. The molecule has 0 saturated heterocycles. The normalized spacial score (nSPS) is 19.8. The van der Waals surface area contributed by atoms with Crippen molar-refractivity contribution in [3.05, 3.63) is 40.4 Å². The Bertz CT molecular complexity index is 846. The van der Waals surface area contributed by atoms with Gasteiger partial charge in [-0.05, 0) is 37.8 Å². The molecule has 1 saturated carbocycles. The maximum Gasteiger partial charge on any atom is 0.306 e. The fourth-order valence-electron chi connectivity index (χ4n) is 3.31. The minimum absolute atomic E-state index is 0.0489. The lowest BCUT2D eigenvalue weighted by atomic mass is 10.1. The van der Waals surface area contributed by atoms with Crippen molar-refractivity contribution in [2.45, 2.75) is 44.6 Å². The molecule has 2 aromatic rings. The molecule has 1 fully saturated rings. The van der Waals surface area contributed by atoms with E-state index < -0.39 is 5.97 Å². The minimum atomic E-state index is -0.789. The summed E-state index contributed by atoms with van der Waals surface area (Å²) in [7, 11) is 0. The molecule has 0 radical (unpaired) electrons. The number of carbonyl (C=O) groups excluding carboxylic acids is 1. The number of hydrogen-bond donors (Lipinski definition) is 3. The number of amides is 1. The number of aryl methyl sites for hydroxylation is 1. The van der Waals surface area contributed by atoms with Crippen LogP contribution < -0.4 is 10.9 Å². The van der Waals surface area contributed by atoms with E-state index in [0.29, 0.717) is 55.3 Å². The topological polar surface area (TPSA) is 112 Å². The Kier molecular flexibility index (Phi) is 5.11. The quantitative estimate of drug-likeness (QED) is 0.738. The van der Waals surface area contributed by atoms with E-state index in [2.05, 4.69) is 15.3 Å². The van der Waals surface area contributed by atoms with Crippen molar-refractivity contribution in [2.75, 3.05) is 0 Å². The van der Waals surface area contributed by atoms with Crippen LogP contribution in [0.3, 0.4) is 0 Å². The van der Waals surface area contributed by atoms with E-state index in [9.17, 15) is 14.4 Å². The van der Waals surface area contributed by atoms with E-state index in [0.717, 1.165) is 0 Å². The van der Waals surface area contributed by atoms with Crippen LogP contribution in [-0.4, -0.2) is 33.0 Å². The molecule has 1 amide bonds. The van der Waals surface area contributed by atoms with Crippen molar-refractivity contribution in [1.82, 2.24) is 15.3 Å². The predicted molar refractivity (Wildman–Crippen MR) is 92.2 cm³/mol. The number of nitrogens with zero attached hydrogens (tertiary/aromatic N) is 1. The third-order valence-corrected chi connectivity index (χ3v) is 4.63. The standard InChI is InChI=1S/C18H21N3O4/c22-16(19-12-9-8-11(10-12)18(24)25)7-3-6-15-20-14-5-2-1-4-13(14)17(23)21-15/h1-2,4-5,11-12H,3,6-10H2,(H,19,22)(H,24,25)(H,20,21,23)/t11-,12+/m1/s1. The number of H-pyrrole nitrogens is 1. The Morgan fingerprint density at radius 2 is 2.08 bits per heavy atom. The van der Waals surface area contributed by atoms with Crippen molar-refractivity contribution in [2.24, 2.45) is 5.92 Å². The Morgan fingerprint density at radius 1 is 1.28 bits per heavy atom. The molecule has 1 heterocycles. The summed E-state index contributed by atoms with van der Waals surface area (Å²) in [6.45, 7) is 0. The lowest BCUT2D eigenvalue weighted by molar-refractivity contribution is -0.141. The van der Waals surface area contributed by atoms with E-state index in [1.54, 1.807) is 18.2 Å². The van der Waals surface area contributed by atoms with Gasteiger partial charge in [-0.15, -0.1) is 0 Å². The Labute approximate surface area is 144 Å². The van der Waals surface area contributed by atoms with Gasteiger partial charge in [-0.2, -0.15) is 0 Å². The number of nitrogens with one attached hydrogen (secondary N) is 2. The summed E-state index contributed by atoms with van der Waals surface area (Å²) < 4.78 is 0. The maximum atomic E-state index is 12.0. The second-order valence-corrected chi connectivity index (χ2v) is 6.50. The zero-order valence-corrected chi connectivity index (χ0v) is 13.8. The van der Waals surface area contributed by atoms with Gasteiger partial charge in [0.2, 0.25) is 5.91 Å². The number of aromatic amines is 1. The summed E-state index contributed by atoms with van der Waals surface area (Å²) in [6.07, 6.45) is 3.23. The Hall–Kier alpha value is -2.70. The van der Waals surface area contributed by atoms with Crippen LogP contribution in [0, 0.1) is 5.92 Å². The Morgan fingerprint density at radius 3 is 2.84 bits per heavy atom. The van der Waals surface area contributed by atoms with E-state index in [4.69, 9.17) is 5.11 Å². The van der Waals surface area contributed by atoms with Crippen LogP contribution in [0.2, 0.25) is 0 Å². The van der Waals surface area contributed by atoms with Crippen LogP contribution in [0.5, 0.6) is 0 Å². The molecule has 1 aromatic heterocycles. The Balaban J connectivity index is 1.49. The molecule has 0 spiro atoms. The molecule has 2 atom stereocenters. The summed E-state index contributed by atoms with van der Waals surface area (Å²) in [5.41, 5.74) is 0.479. The SMILES string of the molecule is O=C(CCCc1nc2ccccc2c(=O)[nH]1)N[C@H]1CC[C@@H](C(=O)O)C1. The van der Waals surface area contributed by atoms with Crippen molar-refractivity contribution in [1.29, 1.82) is 0 Å². The fraction of sp³-hybridized carbons (Fsp3) is 0.444. The molecule has 0 aliphatic heterocycles. The van der Waals surface area contributed by atoms with Crippen molar-refractivity contribution in [3.63, 3.8) is 0 Å². The highest BCUT2D eigenvalue weighted by atomic mass is 16.4. The van der Waals surface area contributed by atoms with Gasteiger partial charge in [0, 0.05) is 18.9 Å². The second-order valence-electron chi connectivity index (χ2n) is 6.50. The van der Waals surface area contributed by atoms with Gasteiger partial charge in [-0.3, -0.25) is 14.4 Å². The van der Waals surface area contributed by atoms with Gasteiger partial charge in [-0.25, -0.2) is 4.98 Å². The zero-order valence-electron chi connectivity index (χ0n) is 13.8. The first-order valence-corrected chi connectivity index (χ1v) is 8.53. The monoisotopic (exact) mass is 343 g/mol. The highest BCUT2D eigenvalue weighted by Crippen LogP contribution is 2.25. The molecule has 0 unspecified atom stereocenters. The molecule has 1 aromatic carbocycles. The number of carbonyl (C=O) groups is 2. The van der Waals surface area contributed by atoms with Crippen molar-refractivity contribution in [3.8, 4) is 0 Å². The largest absolute Gasteiger partial charge is 0.481 e. The van der Waals surface area contributed by atoms with Gasteiger partial charge >= 0.3 is 5.97 Å². The second kappa shape index (κ2) is 7.46. The number of para-hydroxylation sites is 1. The number of carboxylic acids is 1. The molecule has 1 aliphatic carbocycles. The van der Waals surface area contributed by atoms with Gasteiger partial charge in [-0.1, -0.05) is 12.1 Å². The highest BCUT2D eigenvalue weighted by Gasteiger charge is 2.30. The number of carboxylic acid groups (broad SMARTS) is 1. The summed E-state index contributed by atoms with van der Waals surface area (Å²) in [6, 6.07) is 7.09. The van der Waals surface area contributed by atoms with Gasteiger partial charge in [0.15, 0.2) is 0 Å². The molecule has 7 heteroatoms. The molecule has 1 aliphatic rings. The molecule has 0 bridgehead atoms. The van der Waals surface area contributed by atoms with Crippen LogP contribution in [0.1, 0.15) is 37.9 Å². The number of benzene rings is 1. The van der Waals surface area contributed by atoms with E-state index in [-0.39, 0.29) is 23.4 Å². The molecule has 3 N–H and O–H groups in total. The fourth-order valence-corrected chi connectivity index (χ4v) is 3.31. The molecule has 3 rings (SSSR count). The zero-order chi connectivity index (χ0) is 17.8. The van der Waals surface area contributed by atoms with E-state index in [1.807, 2.05) is 6.07 Å². The van der Waals surface area contributed by atoms with Crippen LogP contribution in [0.25, 0.3) is 10.9 Å². The first-order chi connectivity index (χ1) is 12.0. The first-order valence-electron chi connectivity index (χ1n) is 8.53. The highest BCUT2D eigenvalue weighted by molar-refractivity contribution is 5.77. The number of aliphatic carboxylic acids is 1. The summed E-state index contributed by atoms with van der Waals surface area (Å²) >= 11 is 0. The molecular weight excluding hydrogens is 322 g/mol. The van der Waals surface area contributed by atoms with Gasteiger partial charge in [0.1, 0.15) is 5.82 Å². The average molecular weight is 343 g/mol. The van der Waals surface area contributed by atoms with Crippen LogP contribution in [0.4, 0.5) is 0 Å². The van der Waals surface area contributed by atoms with Crippen LogP contribution in [-0.2, 0) is 16.0 Å². The number of hydrogen-bond acceptors (Lipinski definition) is 4. The van der Waals surface area contributed by atoms with Gasteiger partial charge < -0.3 is 15.4 Å². The third kappa shape index (κ3) is 4.23. The smallest absolute Gasteiger partial charge is 0.306 e. The third-order valence-electron chi connectivity index (χ3n) is 4.63. The minimum Gasteiger partial charge on any atom is -0.481 e. The molecule has 25 heavy (non-hydrogen) atoms. The summed E-state index contributed by atoms with van der Waals surface area (Å²) in [5.74, 6) is -0.650. The van der Waals surface area contributed by atoms with Gasteiger partial charge in [0.05, 0.1) is 16.8 Å². The predicted octanol–water partition coefficient (Wildman–Crippen LogP) is 1.62. The molecule has 132 valence electrons. The van der Waals surface area contributed by atoms with Crippen molar-refractivity contribution >= 4 is 22.8 Å². The lowest BCUT2D eigenvalue weighted by Crippen LogP contribution is -2.33. The number of fused-ring (bicyclic) bond motifs is 1. The summed E-state index contributed by atoms with van der Waals surface area (Å²) in [4.78, 5) is 42.1. The van der Waals surface area contributed by atoms with Crippen LogP contribution >= 0.6 is 0 Å². The lowest BCUT2D eigenvalue weighted by Gasteiger charge is -2.12. The first kappa shape index (κ1) is 17.1. The van der Waals surface area contributed by atoms with Gasteiger partial charge in [0.25, 0.3) is 5.56 Å². The molecule has 7 nitrogen and oxygen atoms in total. The van der Waals surface area contributed by atoms with E-state index >= 15 is 0 Å². The number of aromatic nitrogens is 2. The van der Waals surface area contributed by atoms with Crippen LogP contribution in [0.15, 0.2) is 29.1 Å². The maximum absolute atomic E-state index is 12.0. The number of rotatable bonds is 6. The molecular formula is C18H21N3O4. The summed E-state index contributed by atoms with van der Waals surface area (Å²) in [5, 5.41) is 12.4.